The van der Waals surface area contributed by atoms with Crippen molar-refractivity contribution in [3.8, 4) is 33.4 Å². The molecule has 0 saturated carbocycles. The Hall–Kier alpha value is -6.64. The molecule has 0 aliphatic rings. The zero-order chi connectivity index (χ0) is 32.8. The van der Waals surface area contributed by atoms with Crippen LogP contribution in [0.2, 0.25) is 0 Å². The zero-order valence-corrected chi connectivity index (χ0v) is 27.0. The molecule has 0 bridgehead atoms. The van der Waals surface area contributed by atoms with Gasteiger partial charge in [-0.25, -0.2) is 0 Å². The molecule has 0 atom stereocenters. The van der Waals surface area contributed by atoms with Crippen molar-refractivity contribution in [1.29, 1.82) is 0 Å². The molecule has 11 aromatic rings. The van der Waals surface area contributed by atoms with E-state index in [0.717, 1.165) is 55.0 Å². The van der Waals surface area contributed by atoms with Gasteiger partial charge in [0.2, 0.25) is 0 Å². The number of benzene rings is 9. The zero-order valence-electron chi connectivity index (χ0n) is 27.0. The Labute approximate surface area is 287 Å². The van der Waals surface area contributed by atoms with Crippen LogP contribution in [0.3, 0.4) is 0 Å². The van der Waals surface area contributed by atoms with E-state index in [2.05, 4.69) is 152 Å². The molecule has 0 aliphatic heterocycles. The number of fused-ring (bicyclic) bond motifs is 10. The van der Waals surface area contributed by atoms with Gasteiger partial charge in [-0.3, -0.25) is 0 Å². The number of hydrogen-bond acceptors (Lipinski definition) is 2. The standard InChI is InChI=1S/C48H28O2/c1-2-15-33-29(11-1)12-10-21-36(33)46-39-19-5-3-17-37(39)45(38-18-4-6-20-40(38)46)32-14-9-13-30(27-32)31-23-24-35-42-26-25-41-34-16-7-8-22-43(34)49-47(41)48(42)50-44(35)28-31/h1-28H. The van der Waals surface area contributed by atoms with Crippen LogP contribution in [0.5, 0.6) is 0 Å². The summed E-state index contributed by atoms with van der Waals surface area (Å²) in [6, 6.07) is 61.1. The first-order chi connectivity index (χ1) is 24.8. The van der Waals surface area contributed by atoms with Crippen molar-refractivity contribution in [3.05, 3.63) is 170 Å². The maximum Gasteiger partial charge on any atom is 0.178 e. The molecule has 0 radical (unpaired) electrons. The van der Waals surface area contributed by atoms with Gasteiger partial charge in [-0.2, -0.15) is 0 Å². The molecule has 232 valence electrons. The molecular weight excluding hydrogens is 609 g/mol. The first-order valence-electron chi connectivity index (χ1n) is 17.1. The predicted octanol–water partition coefficient (Wildman–Crippen LogP) is 13.9. The van der Waals surface area contributed by atoms with Crippen molar-refractivity contribution in [2.75, 3.05) is 0 Å². The molecule has 0 aliphatic carbocycles. The number of para-hydroxylation sites is 1. The van der Waals surface area contributed by atoms with E-state index in [-0.39, 0.29) is 0 Å². The molecule has 0 amide bonds. The van der Waals surface area contributed by atoms with E-state index in [9.17, 15) is 0 Å². The summed E-state index contributed by atoms with van der Waals surface area (Å²) in [7, 11) is 0. The smallest absolute Gasteiger partial charge is 0.178 e. The normalized spacial score (nSPS) is 12.0. The molecule has 2 aromatic heterocycles. The molecular formula is C48H28O2. The van der Waals surface area contributed by atoms with Crippen LogP contribution in [0.15, 0.2) is 179 Å². The highest BCUT2D eigenvalue weighted by molar-refractivity contribution is 6.24. The molecule has 9 aromatic carbocycles. The molecule has 2 heteroatoms. The fourth-order valence-electron chi connectivity index (χ4n) is 8.22. The highest BCUT2D eigenvalue weighted by atomic mass is 16.4. The second-order valence-corrected chi connectivity index (χ2v) is 13.2. The quantitative estimate of drug-likeness (QED) is 0.180. The van der Waals surface area contributed by atoms with Crippen molar-refractivity contribution in [1.82, 2.24) is 0 Å². The maximum absolute atomic E-state index is 6.58. The lowest BCUT2D eigenvalue weighted by atomic mass is 9.84. The second-order valence-electron chi connectivity index (χ2n) is 13.2. The summed E-state index contributed by atoms with van der Waals surface area (Å²) in [5.74, 6) is 0. The van der Waals surface area contributed by atoms with Gasteiger partial charge in [0.25, 0.3) is 0 Å². The van der Waals surface area contributed by atoms with Crippen LogP contribution >= 0.6 is 0 Å². The minimum Gasteiger partial charge on any atom is -0.452 e. The Bertz CT molecular complexity index is 3090. The minimum absolute atomic E-state index is 0.795. The first-order valence-corrected chi connectivity index (χ1v) is 17.1. The molecule has 0 saturated heterocycles. The van der Waals surface area contributed by atoms with Crippen LogP contribution < -0.4 is 0 Å². The van der Waals surface area contributed by atoms with Gasteiger partial charge in [0.1, 0.15) is 11.2 Å². The van der Waals surface area contributed by atoms with Crippen LogP contribution in [0.25, 0.3) is 110 Å². The topological polar surface area (TPSA) is 26.3 Å². The molecule has 0 spiro atoms. The average Bonchev–Trinajstić information content (AvgIpc) is 3.75. The third-order valence-corrected chi connectivity index (χ3v) is 10.5. The Morgan fingerprint density at radius 3 is 1.52 bits per heavy atom. The lowest BCUT2D eigenvalue weighted by Gasteiger charge is -2.19. The van der Waals surface area contributed by atoms with Crippen molar-refractivity contribution < 1.29 is 8.83 Å². The molecule has 0 fully saturated rings. The summed E-state index contributed by atoms with van der Waals surface area (Å²) in [5.41, 5.74) is 10.6. The molecule has 0 N–H and O–H groups in total. The summed E-state index contributed by atoms with van der Waals surface area (Å²) >= 11 is 0. The monoisotopic (exact) mass is 636 g/mol. The molecule has 2 nitrogen and oxygen atoms in total. The Balaban J connectivity index is 1.11. The van der Waals surface area contributed by atoms with Crippen LogP contribution in [0.1, 0.15) is 0 Å². The number of hydrogen-bond donors (Lipinski definition) is 0. The van der Waals surface area contributed by atoms with Gasteiger partial charge in [0, 0.05) is 21.5 Å². The lowest BCUT2D eigenvalue weighted by molar-refractivity contribution is 0.633. The highest BCUT2D eigenvalue weighted by Crippen LogP contribution is 2.46. The largest absolute Gasteiger partial charge is 0.452 e. The summed E-state index contributed by atoms with van der Waals surface area (Å²) in [6.07, 6.45) is 0. The van der Waals surface area contributed by atoms with Gasteiger partial charge in [-0.1, -0.05) is 133 Å². The second kappa shape index (κ2) is 10.4. The van der Waals surface area contributed by atoms with Crippen LogP contribution in [0, 0.1) is 0 Å². The minimum atomic E-state index is 0.795. The summed E-state index contributed by atoms with van der Waals surface area (Å²) in [6.45, 7) is 0. The van der Waals surface area contributed by atoms with E-state index >= 15 is 0 Å². The van der Waals surface area contributed by atoms with E-state index in [0.29, 0.717) is 0 Å². The predicted molar refractivity (Wildman–Crippen MR) is 210 cm³/mol. The van der Waals surface area contributed by atoms with Crippen molar-refractivity contribution in [2.45, 2.75) is 0 Å². The summed E-state index contributed by atoms with van der Waals surface area (Å²) < 4.78 is 12.9. The van der Waals surface area contributed by atoms with Crippen molar-refractivity contribution >= 4 is 76.2 Å². The summed E-state index contributed by atoms with van der Waals surface area (Å²) in [5, 5.41) is 11.8. The number of furan rings is 2. The first kappa shape index (κ1) is 27.3. The van der Waals surface area contributed by atoms with Gasteiger partial charge >= 0.3 is 0 Å². The van der Waals surface area contributed by atoms with Gasteiger partial charge in [0.05, 0.1) is 0 Å². The van der Waals surface area contributed by atoms with Crippen LogP contribution in [0.4, 0.5) is 0 Å². The Morgan fingerprint density at radius 2 is 0.780 bits per heavy atom. The van der Waals surface area contributed by atoms with Crippen molar-refractivity contribution in [2.24, 2.45) is 0 Å². The third kappa shape index (κ3) is 3.90. The van der Waals surface area contributed by atoms with Gasteiger partial charge in [0.15, 0.2) is 11.2 Å². The van der Waals surface area contributed by atoms with E-state index in [4.69, 9.17) is 8.83 Å². The molecule has 50 heavy (non-hydrogen) atoms. The maximum atomic E-state index is 6.58. The fourth-order valence-corrected chi connectivity index (χ4v) is 8.22. The Kier molecular flexibility index (Phi) is 5.70. The Morgan fingerprint density at radius 1 is 0.280 bits per heavy atom. The third-order valence-electron chi connectivity index (χ3n) is 10.5. The van der Waals surface area contributed by atoms with E-state index in [1.807, 2.05) is 18.2 Å². The molecule has 2 heterocycles. The van der Waals surface area contributed by atoms with E-state index in [1.165, 1.54) is 54.6 Å². The SMILES string of the molecule is c1cc(-c2ccc3c(c2)oc2c3ccc3c4ccccc4oc32)cc(-c2c3ccccc3c(-c3cccc4ccccc34)c3ccccc23)c1. The van der Waals surface area contributed by atoms with Crippen LogP contribution in [-0.4, -0.2) is 0 Å². The highest BCUT2D eigenvalue weighted by Gasteiger charge is 2.19. The van der Waals surface area contributed by atoms with Gasteiger partial charge in [-0.05, 0) is 102 Å². The molecule has 0 unspecified atom stereocenters. The van der Waals surface area contributed by atoms with Crippen LogP contribution in [-0.2, 0) is 0 Å². The van der Waals surface area contributed by atoms with E-state index in [1.54, 1.807) is 0 Å². The number of rotatable bonds is 3. The molecule has 11 rings (SSSR count). The van der Waals surface area contributed by atoms with E-state index < -0.39 is 0 Å². The summed E-state index contributed by atoms with van der Waals surface area (Å²) in [4.78, 5) is 0. The fraction of sp³-hybridized carbons (Fsp3) is 0. The van der Waals surface area contributed by atoms with Gasteiger partial charge in [-0.15, -0.1) is 0 Å². The van der Waals surface area contributed by atoms with Crippen molar-refractivity contribution in [3.63, 3.8) is 0 Å². The average molecular weight is 637 g/mol. The lowest BCUT2D eigenvalue weighted by Crippen LogP contribution is -1.92. The van der Waals surface area contributed by atoms with Gasteiger partial charge < -0.3 is 8.83 Å².